The average molecular weight is 288 g/mol. The maximum atomic E-state index is 12.1. The van der Waals surface area contributed by atoms with Crippen molar-refractivity contribution in [3.8, 4) is 0 Å². The Balaban J connectivity index is 2.40. The molecule has 2 aromatic rings. The van der Waals surface area contributed by atoms with Crippen molar-refractivity contribution < 1.29 is 13.9 Å². The highest BCUT2D eigenvalue weighted by Crippen LogP contribution is 2.21. The predicted octanol–water partition coefficient (Wildman–Crippen LogP) is 3.12. The summed E-state index contributed by atoms with van der Waals surface area (Å²) in [5.41, 5.74) is 1.45. The van der Waals surface area contributed by atoms with Gasteiger partial charge in [-0.15, -0.1) is 0 Å². The molecule has 0 aliphatic heterocycles. The molecule has 0 aliphatic carbocycles. The Hall–Kier alpha value is -2.30. The summed E-state index contributed by atoms with van der Waals surface area (Å²) in [5.74, 6) is -0.202. The largest absolute Gasteiger partial charge is 0.462 e. The van der Waals surface area contributed by atoms with E-state index in [9.17, 15) is 4.79 Å². The zero-order chi connectivity index (χ0) is 15.5. The number of ether oxygens (including phenoxy) is 1. The maximum absolute atomic E-state index is 12.1. The molecule has 0 spiro atoms. The number of carbonyl (C=O) groups excluding carboxylic acids is 1. The summed E-state index contributed by atoms with van der Waals surface area (Å²) in [6, 6.07) is 7.38. The molecule has 5 nitrogen and oxygen atoms in total. The lowest BCUT2D eigenvalue weighted by molar-refractivity contribution is -0.136. The molecule has 0 aliphatic rings. The van der Waals surface area contributed by atoms with Crippen molar-refractivity contribution in [3.63, 3.8) is 0 Å². The molecule has 1 aromatic heterocycles. The fourth-order valence-electron chi connectivity index (χ4n) is 1.69. The summed E-state index contributed by atoms with van der Waals surface area (Å²) in [7, 11) is 0. The van der Waals surface area contributed by atoms with E-state index in [-0.39, 0.29) is 17.0 Å². The van der Waals surface area contributed by atoms with Crippen molar-refractivity contribution in [2.75, 3.05) is 6.61 Å². The number of carbonyl (C=O) groups is 1. The van der Waals surface area contributed by atoms with Gasteiger partial charge in [-0.3, -0.25) is 0 Å². The first-order valence-corrected chi connectivity index (χ1v) is 6.91. The van der Waals surface area contributed by atoms with Crippen LogP contribution >= 0.6 is 0 Å². The minimum atomic E-state index is -0.458. The molecule has 0 saturated carbocycles. The van der Waals surface area contributed by atoms with Gasteiger partial charge in [-0.25, -0.2) is 9.78 Å². The topological polar surface area (TPSA) is 64.4 Å². The highest BCUT2D eigenvalue weighted by molar-refractivity contribution is 6.15. The molecule has 1 aromatic carbocycles. The SMILES string of the molecule is CCOC(=O)/C(=C\NC(C)(C)C)c1nc2ccccc2o1. The van der Waals surface area contributed by atoms with Crippen LogP contribution in [0.4, 0.5) is 0 Å². The van der Waals surface area contributed by atoms with Crippen molar-refractivity contribution in [3.05, 3.63) is 36.4 Å². The van der Waals surface area contributed by atoms with Gasteiger partial charge in [0.25, 0.3) is 0 Å². The molecule has 21 heavy (non-hydrogen) atoms. The average Bonchev–Trinajstić information content (AvgIpc) is 2.81. The molecule has 5 heteroatoms. The number of nitrogens with one attached hydrogen (secondary N) is 1. The van der Waals surface area contributed by atoms with Crippen LogP contribution in [0.5, 0.6) is 0 Å². The van der Waals surface area contributed by atoms with Gasteiger partial charge in [-0.1, -0.05) is 12.1 Å². The summed E-state index contributed by atoms with van der Waals surface area (Å²) in [6.45, 7) is 8.06. The minimum absolute atomic E-state index is 0.177. The van der Waals surface area contributed by atoms with Gasteiger partial charge in [0.15, 0.2) is 5.58 Å². The molecule has 112 valence electrons. The molecule has 0 radical (unpaired) electrons. The van der Waals surface area contributed by atoms with E-state index in [0.717, 1.165) is 0 Å². The number of rotatable bonds is 4. The van der Waals surface area contributed by atoms with E-state index in [1.165, 1.54) is 0 Å². The van der Waals surface area contributed by atoms with Crippen molar-refractivity contribution >= 4 is 22.6 Å². The second kappa shape index (κ2) is 5.99. The van der Waals surface area contributed by atoms with Gasteiger partial charge in [0.1, 0.15) is 11.1 Å². The molecule has 0 amide bonds. The van der Waals surface area contributed by atoms with Crippen LogP contribution in [-0.2, 0) is 9.53 Å². The Morgan fingerprint density at radius 3 is 2.71 bits per heavy atom. The standard InChI is InChI=1S/C16H20N2O3/c1-5-20-15(19)11(10-17-16(2,3)4)14-18-12-8-6-7-9-13(12)21-14/h6-10,17H,5H2,1-4H3/b11-10-. The van der Waals surface area contributed by atoms with Crippen LogP contribution < -0.4 is 5.32 Å². The van der Waals surface area contributed by atoms with E-state index >= 15 is 0 Å². The Bertz CT molecular complexity index is 632. The van der Waals surface area contributed by atoms with Gasteiger partial charge in [0.2, 0.25) is 5.89 Å². The number of esters is 1. The monoisotopic (exact) mass is 288 g/mol. The van der Waals surface area contributed by atoms with Crippen molar-refractivity contribution in [2.24, 2.45) is 0 Å². The van der Waals surface area contributed by atoms with Crippen LogP contribution in [0.25, 0.3) is 16.7 Å². The van der Waals surface area contributed by atoms with Crippen LogP contribution in [0, 0.1) is 0 Å². The Morgan fingerprint density at radius 2 is 2.10 bits per heavy atom. The molecule has 0 fully saturated rings. The summed E-state index contributed by atoms with van der Waals surface area (Å²) in [4.78, 5) is 16.4. The quantitative estimate of drug-likeness (QED) is 0.691. The number of aromatic nitrogens is 1. The maximum Gasteiger partial charge on any atom is 0.345 e. The van der Waals surface area contributed by atoms with E-state index < -0.39 is 5.97 Å². The Labute approximate surface area is 124 Å². The molecule has 2 rings (SSSR count). The first kappa shape index (κ1) is 15.1. The summed E-state index contributed by atoms with van der Waals surface area (Å²) in [6.07, 6.45) is 1.60. The van der Waals surface area contributed by atoms with Gasteiger partial charge in [0.05, 0.1) is 6.61 Å². The fourth-order valence-corrected chi connectivity index (χ4v) is 1.69. The van der Waals surface area contributed by atoms with Gasteiger partial charge in [0, 0.05) is 11.7 Å². The van der Waals surface area contributed by atoms with Gasteiger partial charge < -0.3 is 14.5 Å². The second-order valence-corrected chi connectivity index (χ2v) is 5.66. The first-order chi connectivity index (χ1) is 9.90. The van der Waals surface area contributed by atoms with E-state index in [1.807, 2.05) is 45.0 Å². The Kier molecular flexibility index (Phi) is 4.31. The van der Waals surface area contributed by atoms with Crippen molar-refractivity contribution in [1.29, 1.82) is 0 Å². The van der Waals surface area contributed by atoms with E-state index in [1.54, 1.807) is 13.1 Å². The lowest BCUT2D eigenvalue weighted by atomic mass is 10.1. The fraction of sp³-hybridized carbons (Fsp3) is 0.375. The Morgan fingerprint density at radius 1 is 1.38 bits per heavy atom. The molecule has 0 saturated heterocycles. The minimum Gasteiger partial charge on any atom is -0.462 e. The smallest absolute Gasteiger partial charge is 0.345 e. The van der Waals surface area contributed by atoms with Crippen LogP contribution in [0.3, 0.4) is 0 Å². The summed E-state index contributed by atoms with van der Waals surface area (Å²) in [5, 5.41) is 3.14. The zero-order valence-electron chi connectivity index (χ0n) is 12.8. The van der Waals surface area contributed by atoms with Crippen LogP contribution in [-0.4, -0.2) is 23.1 Å². The van der Waals surface area contributed by atoms with Crippen molar-refractivity contribution in [1.82, 2.24) is 10.3 Å². The zero-order valence-corrected chi connectivity index (χ0v) is 12.8. The van der Waals surface area contributed by atoms with Crippen LogP contribution in [0.1, 0.15) is 33.6 Å². The predicted molar refractivity (Wildman–Crippen MR) is 81.5 cm³/mol. The normalized spacial score (nSPS) is 12.5. The van der Waals surface area contributed by atoms with Crippen molar-refractivity contribution in [2.45, 2.75) is 33.2 Å². The van der Waals surface area contributed by atoms with Crippen LogP contribution in [0.15, 0.2) is 34.9 Å². The highest BCUT2D eigenvalue weighted by Gasteiger charge is 2.20. The number of para-hydroxylation sites is 2. The lowest BCUT2D eigenvalue weighted by Gasteiger charge is -2.19. The number of nitrogens with zero attached hydrogens (tertiary/aromatic N) is 1. The molecule has 0 atom stereocenters. The summed E-state index contributed by atoms with van der Waals surface area (Å²) < 4.78 is 10.7. The highest BCUT2D eigenvalue weighted by atomic mass is 16.5. The molecule has 1 heterocycles. The summed E-state index contributed by atoms with van der Waals surface area (Å²) >= 11 is 0. The third-order valence-corrected chi connectivity index (χ3v) is 2.67. The second-order valence-electron chi connectivity index (χ2n) is 5.66. The third kappa shape index (κ3) is 3.84. The number of hydrogen-bond donors (Lipinski definition) is 1. The van der Waals surface area contributed by atoms with Gasteiger partial charge >= 0.3 is 5.97 Å². The van der Waals surface area contributed by atoms with E-state index in [0.29, 0.717) is 17.7 Å². The lowest BCUT2D eigenvalue weighted by Crippen LogP contribution is -2.32. The number of hydrogen-bond acceptors (Lipinski definition) is 5. The molecule has 0 unspecified atom stereocenters. The number of oxazole rings is 1. The molecule has 1 N–H and O–H groups in total. The van der Waals surface area contributed by atoms with Gasteiger partial charge in [-0.05, 0) is 39.8 Å². The molecular formula is C16H20N2O3. The van der Waals surface area contributed by atoms with E-state index in [2.05, 4.69) is 10.3 Å². The number of benzene rings is 1. The molecule has 0 bridgehead atoms. The third-order valence-electron chi connectivity index (χ3n) is 2.67. The van der Waals surface area contributed by atoms with E-state index in [4.69, 9.17) is 9.15 Å². The van der Waals surface area contributed by atoms with Gasteiger partial charge in [-0.2, -0.15) is 0 Å². The van der Waals surface area contributed by atoms with Crippen LogP contribution in [0.2, 0.25) is 0 Å². The number of fused-ring (bicyclic) bond motifs is 1. The first-order valence-electron chi connectivity index (χ1n) is 6.91. The molecular weight excluding hydrogens is 268 g/mol.